The number of hydrogen-bond acceptors (Lipinski definition) is 3. The molecule has 176 valence electrons. The number of amides is 3. The van der Waals surface area contributed by atoms with Gasteiger partial charge in [-0.25, -0.2) is 0 Å². The van der Waals surface area contributed by atoms with Gasteiger partial charge in [-0.05, 0) is 36.7 Å². The Kier molecular flexibility index (Phi) is 8.32. The number of rotatable bonds is 8. The molecule has 0 saturated carbocycles. The minimum absolute atomic E-state index is 0.0462. The SMILES string of the molecule is CC(C)CCC(=O)N1CC(=O)N2[C@H](CCN(CCC(C)C)C(=O)[C@@H]2Cc2ccccc2)C1. The van der Waals surface area contributed by atoms with Gasteiger partial charge in [0.15, 0.2) is 0 Å². The first-order chi connectivity index (χ1) is 15.3. The van der Waals surface area contributed by atoms with Gasteiger partial charge in [0, 0.05) is 32.5 Å². The van der Waals surface area contributed by atoms with E-state index in [0.717, 1.165) is 24.8 Å². The summed E-state index contributed by atoms with van der Waals surface area (Å²) in [6, 6.07) is 9.32. The second-order valence-corrected chi connectivity index (χ2v) is 10.2. The minimum atomic E-state index is -0.502. The van der Waals surface area contributed by atoms with Gasteiger partial charge in [-0.15, -0.1) is 0 Å². The molecule has 0 aromatic heterocycles. The molecule has 3 amide bonds. The van der Waals surface area contributed by atoms with Crippen LogP contribution in [0.1, 0.15) is 58.9 Å². The zero-order valence-electron chi connectivity index (χ0n) is 20.1. The first-order valence-electron chi connectivity index (χ1n) is 12.2. The Labute approximate surface area is 192 Å². The van der Waals surface area contributed by atoms with Crippen LogP contribution in [0.25, 0.3) is 0 Å². The highest BCUT2D eigenvalue weighted by Crippen LogP contribution is 2.26. The molecule has 2 atom stereocenters. The number of carbonyl (C=O) groups excluding carboxylic acids is 3. The van der Waals surface area contributed by atoms with Crippen molar-refractivity contribution in [1.29, 1.82) is 0 Å². The Hall–Kier alpha value is -2.37. The maximum absolute atomic E-state index is 13.6. The number of benzene rings is 1. The molecule has 6 nitrogen and oxygen atoms in total. The second-order valence-electron chi connectivity index (χ2n) is 10.2. The molecular weight excluding hydrogens is 402 g/mol. The molecule has 0 aliphatic carbocycles. The lowest BCUT2D eigenvalue weighted by Crippen LogP contribution is -2.62. The lowest BCUT2D eigenvalue weighted by Gasteiger charge is -2.43. The van der Waals surface area contributed by atoms with Gasteiger partial charge in [0.2, 0.25) is 17.7 Å². The van der Waals surface area contributed by atoms with E-state index in [1.54, 1.807) is 4.90 Å². The molecule has 0 radical (unpaired) electrons. The van der Waals surface area contributed by atoms with Gasteiger partial charge >= 0.3 is 0 Å². The summed E-state index contributed by atoms with van der Waals surface area (Å²) in [5.74, 6) is 0.968. The fourth-order valence-electron chi connectivity index (χ4n) is 4.68. The van der Waals surface area contributed by atoms with Gasteiger partial charge in [0.05, 0.1) is 12.6 Å². The molecular formula is C26H39N3O3. The molecule has 2 aliphatic rings. The molecule has 0 unspecified atom stereocenters. The summed E-state index contributed by atoms with van der Waals surface area (Å²) in [5, 5.41) is 0. The van der Waals surface area contributed by atoms with E-state index in [2.05, 4.69) is 27.7 Å². The summed E-state index contributed by atoms with van der Waals surface area (Å²) in [4.78, 5) is 45.2. The second kappa shape index (κ2) is 11.0. The summed E-state index contributed by atoms with van der Waals surface area (Å²) in [6.07, 6.45) is 3.49. The number of piperazine rings is 1. The van der Waals surface area contributed by atoms with Gasteiger partial charge in [0.25, 0.3) is 0 Å². The van der Waals surface area contributed by atoms with E-state index in [-0.39, 0.29) is 30.3 Å². The molecule has 2 heterocycles. The van der Waals surface area contributed by atoms with E-state index in [9.17, 15) is 14.4 Å². The first-order valence-corrected chi connectivity index (χ1v) is 12.2. The van der Waals surface area contributed by atoms with Crippen LogP contribution in [-0.2, 0) is 20.8 Å². The molecule has 1 aromatic rings. The molecule has 1 aromatic carbocycles. The van der Waals surface area contributed by atoms with Crippen molar-refractivity contribution in [3.05, 3.63) is 35.9 Å². The molecule has 2 aliphatic heterocycles. The average molecular weight is 442 g/mol. The third-order valence-corrected chi connectivity index (χ3v) is 6.64. The molecule has 32 heavy (non-hydrogen) atoms. The predicted molar refractivity (Wildman–Crippen MR) is 126 cm³/mol. The highest BCUT2D eigenvalue weighted by Gasteiger charge is 2.44. The van der Waals surface area contributed by atoms with Gasteiger partial charge in [-0.2, -0.15) is 0 Å². The Morgan fingerprint density at radius 2 is 1.72 bits per heavy atom. The van der Waals surface area contributed by atoms with Crippen molar-refractivity contribution in [2.45, 2.75) is 71.9 Å². The van der Waals surface area contributed by atoms with Crippen LogP contribution in [0.5, 0.6) is 0 Å². The molecule has 2 fully saturated rings. The van der Waals surface area contributed by atoms with Crippen LogP contribution in [0.2, 0.25) is 0 Å². The Balaban J connectivity index is 1.82. The highest BCUT2D eigenvalue weighted by molar-refractivity contribution is 5.92. The van der Waals surface area contributed by atoms with Crippen LogP contribution in [0, 0.1) is 11.8 Å². The third-order valence-electron chi connectivity index (χ3n) is 6.64. The number of hydrogen-bond donors (Lipinski definition) is 0. The predicted octanol–water partition coefficient (Wildman–Crippen LogP) is 3.35. The smallest absolute Gasteiger partial charge is 0.245 e. The van der Waals surface area contributed by atoms with Crippen molar-refractivity contribution in [1.82, 2.24) is 14.7 Å². The van der Waals surface area contributed by atoms with Crippen molar-refractivity contribution < 1.29 is 14.4 Å². The van der Waals surface area contributed by atoms with Crippen molar-refractivity contribution in [3.63, 3.8) is 0 Å². The fraction of sp³-hybridized carbons (Fsp3) is 0.654. The largest absolute Gasteiger partial charge is 0.341 e. The van der Waals surface area contributed by atoms with E-state index in [1.807, 2.05) is 40.1 Å². The Morgan fingerprint density at radius 1 is 1.03 bits per heavy atom. The van der Waals surface area contributed by atoms with Crippen molar-refractivity contribution >= 4 is 17.7 Å². The van der Waals surface area contributed by atoms with Gasteiger partial charge in [-0.1, -0.05) is 58.0 Å². The van der Waals surface area contributed by atoms with Crippen LogP contribution in [0.15, 0.2) is 30.3 Å². The quantitative estimate of drug-likeness (QED) is 0.622. The standard InChI is InChI=1S/C26H39N3O3/c1-19(2)10-11-24(30)28-17-22-13-15-27(14-12-20(3)4)26(32)23(29(22)25(31)18-28)16-21-8-6-5-7-9-21/h5-9,19-20,22-23H,10-18H2,1-4H3/t22-,23+/m1/s1. The lowest BCUT2D eigenvalue weighted by molar-refractivity contribution is -0.154. The normalized spacial score (nSPS) is 21.9. The van der Waals surface area contributed by atoms with Crippen LogP contribution >= 0.6 is 0 Å². The molecule has 6 heteroatoms. The van der Waals surface area contributed by atoms with Crippen LogP contribution in [0.3, 0.4) is 0 Å². The van der Waals surface area contributed by atoms with E-state index in [1.165, 1.54) is 0 Å². The molecule has 0 spiro atoms. The van der Waals surface area contributed by atoms with Crippen LogP contribution in [-0.4, -0.2) is 70.7 Å². The van der Waals surface area contributed by atoms with Crippen LogP contribution in [0.4, 0.5) is 0 Å². The summed E-state index contributed by atoms with van der Waals surface area (Å²) in [5.41, 5.74) is 1.05. The molecule has 3 rings (SSSR count). The average Bonchev–Trinajstić information content (AvgIpc) is 2.88. The fourth-order valence-corrected chi connectivity index (χ4v) is 4.68. The van der Waals surface area contributed by atoms with Gasteiger partial charge in [-0.3, -0.25) is 14.4 Å². The maximum Gasteiger partial charge on any atom is 0.245 e. The van der Waals surface area contributed by atoms with E-state index >= 15 is 0 Å². The minimum Gasteiger partial charge on any atom is -0.341 e. The van der Waals surface area contributed by atoms with Crippen molar-refractivity contribution in [3.8, 4) is 0 Å². The van der Waals surface area contributed by atoms with E-state index in [0.29, 0.717) is 44.3 Å². The summed E-state index contributed by atoms with van der Waals surface area (Å²) < 4.78 is 0. The third kappa shape index (κ3) is 6.11. The van der Waals surface area contributed by atoms with Crippen LogP contribution < -0.4 is 0 Å². The number of carbonyl (C=O) groups is 3. The number of nitrogens with zero attached hydrogens (tertiary/aromatic N) is 3. The summed E-state index contributed by atoms with van der Waals surface area (Å²) >= 11 is 0. The Morgan fingerprint density at radius 3 is 2.38 bits per heavy atom. The van der Waals surface area contributed by atoms with Crippen molar-refractivity contribution in [2.24, 2.45) is 11.8 Å². The monoisotopic (exact) mass is 441 g/mol. The topological polar surface area (TPSA) is 60.9 Å². The summed E-state index contributed by atoms with van der Waals surface area (Å²) in [7, 11) is 0. The van der Waals surface area contributed by atoms with Crippen molar-refractivity contribution in [2.75, 3.05) is 26.2 Å². The summed E-state index contributed by atoms with van der Waals surface area (Å²) in [6.45, 7) is 10.5. The number of fused-ring (bicyclic) bond motifs is 1. The van der Waals surface area contributed by atoms with Gasteiger partial charge in [0.1, 0.15) is 6.04 Å². The zero-order chi connectivity index (χ0) is 23.3. The molecule has 0 N–H and O–H groups in total. The van der Waals surface area contributed by atoms with Gasteiger partial charge < -0.3 is 14.7 Å². The maximum atomic E-state index is 13.6. The Bertz CT molecular complexity index is 793. The zero-order valence-corrected chi connectivity index (χ0v) is 20.1. The lowest BCUT2D eigenvalue weighted by atomic mass is 9.99. The molecule has 2 saturated heterocycles. The first kappa shape index (κ1) is 24.3. The van der Waals surface area contributed by atoms with E-state index < -0.39 is 6.04 Å². The molecule has 0 bridgehead atoms. The highest BCUT2D eigenvalue weighted by atomic mass is 16.2. The van der Waals surface area contributed by atoms with E-state index in [4.69, 9.17) is 0 Å².